The van der Waals surface area contributed by atoms with E-state index >= 15 is 0 Å². The lowest BCUT2D eigenvalue weighted by molar-refractivity contribution is -0.402. The van der Waals surface area contributed by atoms with Crippen molar-refractivity contribution in [1.82, 2.24) is 9.34 Å². The van der Waals surface area contributed by atoms with E-state index < -0.39 is 12.6 Å². The summed E-state index contributed by atoms with van der Waals surface area (Å²) in [7, 11) is -2.88. The summed E-state index contributed by atoms with van der Waals surface area (Å²) < 4.78 is 26.5. The highest BCUT2D eigenvalue weighted by Gasteiger charge is 2.49. The van der Waals surface area contributed by atoms with E-state index in [4.69, 9.17) is 8.94 Å². The number of nitro groups is 1. The topological polar surface area (TPSA) is 88.6 Å². The van der Waals surface area contributed by atoms with Gasteiger partial charge in [-0.3, -0.25) is 19.2 Å². The van der Waals surface area contributed by atoms with Crippen LogP contribution in [0.15, 0.2) is 16.5 Å². The summed E-state index contributed by atoms with van der Waals surface area (Å²) in [5, 5.41) is 10.5. The minimum Gasteiger partial charge on any atom is -0.403 e. The quantitative estimate of drug-likeness (QED) is 0.335. The molecule has 3 rings (SSSR count). The highest BCUT2D eigenvalue weighted by atomic mass is 31.2. The molecule has 9 heteroatoms. The minimum absolute atomic E-state index is 0.0158. The van der Waals surface area contributed by atoms with E-state index in [1.807, 2.05) is 0 Å². The van der Waals surface area contributed by atoms with Gasteiger partial charge in [0.1, 0.15) is 17.3 Å². The molecule has 8 nitrogen and oxygen atoms in total. The fourth-order valence-electron chi connectivity index (χ4n) is 1.63. The van der Waals surface area contributed by atoms with Gasteiger partial charge in [-0.25, -0.2) is 9.34 Å². The molecule has 3 heterocycles. The van der Waals surface area contributed by atoms with Gasteiger partial charge in [-0.1, -0.05) is 0 Å². The molecule has 98 valence electrons. The zero-order valence-electron chi connectivity index (χ0n) is 9.52. The van der Waals surface area contributed by atoms with Crippen LogP contribution in [-0.4, -0.2) is 40.4 Å². The van der Waals surface area contributed by atoms with E-state index in [0.29, 0.717) is 5.76 Å². The average molecular weight is 273 g/mol. The van der Waals surface area contributed by atoms with Crippen molar-refractivity contribution >= 4 is 13.6 Å². The number of hydrogen-bond donors (Lipinski definition) is 0. The molecule has 0 saturated carbocycles. The van der Waals surface area contributed by atoms with Gasteiger partial charge in [0.25, 0.3) is 0 Å². The molecule has 0 radical (unpaired) electrons. The molecular formula is C9H12N3O5P. The predicted molar refractivity (Wildman–Crippen MR) is 60.9 cm³/mol. The van der Waals surface area contributed by atoms with Crippen LogP contribution in [0.2, 0.25) is 0 Å². The van der Waals surface area contributed by atoms with Gasteiger partial charge in [0.2, 0.25) is 0 Å². The Balaban J connectivity index is 1.65. The molecule has 2 aliphatic heterocycles. The first-order valence-electron chi connectivity index (χ1n) is 5.58. The van der Waals surface area contributed by atoms with Gasteiger partial charge in [0.15, 0.2) is 0 Å². The standard InChI is InChI=1S/C9H12N3O5P/c13-12(14)9-2-1-8(17-9)7-16-18(15,10-3-4-10)11-5-6-11/h1-2H,3-7H2. The second-order valence-corrected chi connectivity index (χ2v) is 6.54. The van der Waals surface area contributed by atoms with Gasteiger partial charge < -0.3 is 4.42 Å². The molecule has 0 amide bonds. The molecule has 0 bridgehead atoms. The Kier molecular flexibility index (Phi) is 2.74. The molecule has 2 fully saturated rings. The summed E-state index contributed by atoms with van der Waals surface area (Å²) in [6.45, 7) is 3.06. The zero-order chi connectivity index (χ0) is 12.8. The van der Waals surface area contributed by atoms with Crippen molar-refractivity contribution in [2.75, 3.05) is 26.2 Å². The normalized spacial score (nSPS) is 20.0. The molecule has 18 heavy (non-hydrogen) atoms. The fourth-order valence-corrected chi connectivity index (χ4v) is 3.80. The first-order chi connectivity index (χ1) is 8.59. The molecule has 0 unspecified atom stereocenters. The van der Waals surface area contributed by atoms with Gasteiger partial charge in [0, 0.05) is 26.2 Å². The summed E-state index contributed by atoms with van der Waals surface area (Å²) in [4.78, 5) is 9.84. The second kappa shape index (κ2) is 4.17. The lowest BCUT2D eigenvalue weighted by Crippen LogP contribution is -2.07. The van der Waals surface area contributed by atoms with Gasteiger partial charge in [-0.05, 0) is 6.07 Å². The molecule has 0 aliphatic carbocycles. The van der Waals surface area contributed by atoms with Crippen LogP contribution in [0.25, 0.3) is 0 Å². The molecule has 0 spiro atoms. The Bertz CT molecular complexity index is 506. The van der Waals surface area contributed by atoms with E-state index in [1.165, 1.54) is 12.1 Å². The molecule has 1 aromatic heterocycles. The highest BCUT2D eigenvalue weighted by molar-refractivity contribution is 7.54. The first kappa shape index (κ1) is 11.9. The van der Waals surface area contributed by atoms with Crippen molar-refractivity contribution in [2.45, 2.75) is 6.61 Å². The fraction of sp³-hybridized carbons (Fsp3) is 0.556. The summed E-state index contributed by atoms with van der Waals surface area (Å²) in [5.41, 5.74) is 0. The number of furan rings is 1. The monoisotopic (exact) mass is 273 g/mol. The zero-order valence-corrected chi connectivity index (χ0v) is 10.4. The van der Waals surface area contributed by atoms with Crippen LogP contribution < -0.4 is 0 Å². The van der Waals surface area contributed by atoms with Crippen LogP contribution in [0.1, 0.15) is 5.76 Å². The smallest absolute Gasteiger partial charge is 0.403 e. The van der Waals surface area contributed by atoms with E-state index in [0.717, 1.165) is 26.2 Å². The Morgan fingerprint density at radius 3 is 2.39 bits per heavy atom. The number of hydrogen-bond acceptors (Lipinski definition) is 5. The van der Waals surface area contributed by atoms with E-state index in [9.17, 15) is 14.7 Å². The third-order valence-corrected chi connectivity index (χ3v) is 5.46. The van der Waals surface area contributed by atoms with E-state index in [-0.39, 0.29) is 12.5 Å². The third-order valence-electron chi connectivity index (χ3n) is 2.76. The Morgan fingerprint density at radius 2 is 1.94 bits per heavy atom. The Morgan fingerprint density at radius 1 is 1.33 bits per heavy atom. The van der Waals surface area contributed by atoms with Crippen LogP contribution >= 0.6 is 7.67 Å². The van der Waals surface area contributed by atoms with Crippen LogP contribution in [0.4, 0.5) is 5.88 Å². The SMILES string of the molecule is O=[N+]([O-])c1ccc(COP(=O)(N2CC2)N2CC2)o1. The van der Waals surface area contributed by atoms with Crippen LogP contribution in [0.3, 0.4) is 0 Å². The molecule has 0 aromatic carbocycles. The maximum absolute atomic E-state index is 12.5. The van der Waals surface area contributed by atoms with Gasteiger partial charge in [0.05, 0.1) is 6.07 Å². The van der Waals surface area contributed by atoms with Crippen LogP contribution in [-0.2, 0) is 15.7 Å². The molecule has 0 N–H and O–H groups in total. The van der Waals surface area contributed by atoms with Gasteiger partial charge in [-0.15, -0.1) is 0 Å². The first-order valence-corrected chi connectivity index (χ1v) is 7.11. The van der Waals surface area contributed by atoms with Crippen molar-refractivity contribution in [1.29, 1.82) is 0 Å². The second-order valence-electron chi connectivity index (χ2n) is 4.17. The van der Waals surface area contributed by atoms with Crippen molar-refractivity contribution in [2.24, 2.45) is 0 Å². The third kappa shape index (κ3) is 2.20. The van der Waals surface area contributed by atoms with Crippen LogP contribution in [0.5, 0.6) is 0 Å². The summed E-state index contributed by atoms with van der Waals surface area (Å²) in [5.74, 6) is -0.0208. The Labute approximate surface area is 103 Å². The van der Waals surface area contributed by atoms with Gasteiger partial charge in [-0.2, -0.15) is 0 Å². The lowest BCUT2D eigenvalue weighted by atomic mass is 10.5. The summed E-state index contributed by atoms with van der Waals surface area (Å²) in [6.07, 6.45) is 0. The van der Waals surface area contributed by atoms with Crippen molar-refractivity contribution in [3.63, 3.8) is 0 Å². The summed E-state index contributed by atoms with van der Waals surface area (Å²) >= 11 is 0. The molecule has 2 aliphatic rings. The van der Waals surface area contributed by atoms with Crippen LogP contribution in [0, 0.1) is 10.1 Å². The minimum atomic E-state index is -2.88. The van der Waals surface area contributed by atoms with E-state index in [2.05, 4.69) is 0 Å². The maximum atomic E-state index is 12.5. The maximum Gasteiger partial charge on any atom is 0.433 e. The van der Waals surface area contributed by atoms with E-state index in [1.54, 1.807) is 9.34 Å². The lowest BCUT2D eigenvalue weighted by Gasteiger charge is -2.18. The molecule has 0 atom stereocenters. The highest BCUT2D eigenvalue weighted by Crippen LogP contribution is 2.61. The van der Waals surface area contributed by atoms with Crippen molar-refractivity contribution in [3.05, 3.63) is 28.0 Å². The van der Waals surface area contributed by atoms with Gasteiger partial charge >= 0.3 is 13.6 Å². The number of rotatable bonds is 6. The molecular weight excluding hydrogens is 261 g/mol. The van der Waals surface area contributed by atoms with Crippen molar-refractivity contribution in [3.8, 4) is 0 Å². The van der Waals surface area contributed by atoms with Crippen molar-refractivity contribution < 1.29 is 18.4 Å². The largest absolute Gasteiger partial charge is 0.433 e. The molecule has 1 aromatic rings. The summed E-state index contributed by atoms with van der Waals surface area (Å²) in [6, 6.07) is 2.73. The number of nitrogens with zero attached hydrogens (tertiary/aromatic N) is 3. The molecule has 2 saturated heterocycles. The predicted octanol–water partition coefficient (Wildman–Crippen LogP) is 1.44. The Hall–Kier alpha value is -1.21. The average Bonchev–Trinajstić information content (AvgIpc) is 3.21.